The zero-order valence-corrected chi connectivity index (χ0v) is 15.9. The Morgan fingerprint density at radius 3 is 2.54 bits per heavy atom. The highest BCUT2D eigenvalue weighted by Gasteiger charge is 2.24. The molecular formula is C22H21N3O3. The van der Waals surface area contributed by atoms with Gasteiger partial charge >= 0.3 is 5.97 Å². The van der Waals surface area contributed by atoms with Crippen LogP contribution in [0, 0.1) is 11.3 Å². The van der Waals surface area contributed by atoms with Gasteiger partial charge in [0.15, 0.2) is 5.70 Å². The zero-order chi connectivity index (χ0) is 19.9. The smallest absolute Gasteiger partial charge is 0.363 e. The number of nitriles is 1. The molecule has 0 unspecified atom stereocenters. The summed E-state index contributed by atoms with van der Waals surface area (Å²) in [6, 6.07) is 17.1. The lowest BCUT2D eigenvalue weighted by atomic mass is 10.1. The lowest BCUT2D eigenvalue weighted by molar-refractivity contribution is -0.129. The van der Waals surface area contributed by atoms with Gasteiger partial charge in [0.05, 0.1) is 19.1 Å². The van der Waals surface area contributed by atoms with Gasteiger partial charge in [0, 0.05) is 24.8 Å². The fourth-order valence-electron chi connectivity index (χ4n) is 2.72. The van der Waals surface area contributed by atoms with Crippen molar-refractivity contribution < 1.29 is 14.3 Å². The van der Waals surface area contributed by atoms with E-state index >= 15 is 0 Å². The van der Waals surface area contributed by atoms with Gasteiger partial charge in [0.25, 0.3) is 0 Å². The molecule has 1 aliphatic rings. The minimum atomic E-state index is -0.473. The monoisotopic (exact) mass is 375 g/mol. The van der Waals surface area contributed by atoms with Crippen LogP contribution in [-0.2, 0) is 9.53 Å². The Hall–Kier alpha value is -3.59. The molecule has 0 fully saturated rings. The number of carbonyl (C=O) groups is 1. The summed E-state index contributed by atoms with van der Waals surface area (Å²) in [6.07, 6.45) is 2.17. The van der Waals surface area contributed by atoms with Crippen molar-refractivity contribution in [1.29, 1.82) is 5.26 Å². The van der Waals surface area contributed by atoms with Crippen molar-refractivity contribution >= 4 is 23.6 Å². The number of ether oxygens (including phenoxy) is 2. The van der Waals surface area contributed by atoms with Crippen molar-refractivity contribution in [3.05, 3.63) is 65.4 Å². The summed E-state index contributed by atoms with van der Waals surface area (Å²) in [5.41, 5.74) is 2.83. The lowest BCUT2D eigenvalue weighted by Gasteiger charge is -2.17. The van der Waals surface area contributed by atoms with Crippen LogP contribution < -0.4 is 9.64 Å². The van der Waals surface area contributed by atoms with Gasteiger partial charge in [-0.1, -0.05) is 12.1 Å². The number of benzene rings is 2. The van der Waals surface area contributed by atoms with E-state index in [9.17, 15) is 4.79 Å². The molecule has 2 aromatic rings. The molecule has 28 heavy (non-hydrogen) atoms. The summed E-state index contributed by atoms with van der Waals surface area (Å²) in [4.78, 5) is 18.5. The Kier molecular flexibility index (Phi) is 6.07. The SMILES string of the molecule is CCOc1ccc(C2=N/C(=C\c3ccc(N(C)CCC#N)cc3)C(=O)O2)cc1. The van der Waals surface area contributed by atoms with Gasteiger partial charge in [-0.3, -0.25) is 0 Å². The molecule has 0 radical (unpaired) electrons. The first-order valence-electron chi connectivity index (χ1n) is 9.04. The Balaban J connectivity index is 1.74. The van der Waals surface area contributed by atoms with Gasteiger partial charge in [0.2, 0.25) is 5.90 Å². The van der Waals surface area contributed by atoms with Gasteiger partial charge in [-0.15, -0.1) is 0 Å². The van der Waals surface area contributed by atoms with Gasteiger partial charge in [-0.25, -0.2) is 9.79 Å². The second-order valence-electron chi connectivity index (χ2n) is 6.21. The Morgan fingerprint density at radius 2 is 1.89 bits per heavy atom. The number of esters is 1. The summed E-state index contributed by atoms with van der Waals surface area (Å²) in [5.74, 6) is 0.568. The van der Waals surface area contributed by atoms with E-state index in [0.29, 0.717) is 19.6 Å². The average Bonchev–Trinajstić information content (AvgIpc) is 3.08. The number of aliphatic imine (C=N–C) groups is 1. The highest BCUT2D eigenvalue weighted by atomic mass is 16.6. The minimum Gasteiger partial charge on any atom is -0.494 e. The first kappa shape index (κ1) is 19.2. The number of anilines is 1. The molecule has 0 spiro atoms. The van der Waals surface area contributed by atoms with E-state index in [2.05, 4.69) is 11.1 Å². The third-order valence-corrected chi connectivity index (χ3v) is 4.23. The fraction of sp³-hybridized carbons (Fsp3) is 0.227. The second-order valence-corrected chi connectivity index (χ2v) is 6.21. The molecule has 0 N–H and O–H groups in total. The number of rotatable bonds is 7. The molecule has 0 aromatic heterocycles. The molecular weight excluding hydrogens is 354 g/mol. The molecule has 0 aliphatic carbocycles. The van der Waals surface area contributed by atoms with Crippen LogP contribution in [-0.4, -0.2) is 32.1 Å². The number of hydrogen-bond acceptors (Lipinski definition) is 6. The third-order valence-electron chi connectivity index (χ3n) is 4.23. The molecule has 0 bridgehead atoms. The minimum absolute atomic E-state index is 0.259. The van der Waals surface area contributed by atoms with Gasteiger partial charge in [0.1, 0.15) is 5.75 Å². The van der Waals surface area contributed by atoms with Crippen molar-refractivity contribution in [3.63, 3.8) is 0 Å². The van der Waals surface area contributed by atoms with E-state index in [0.717, 1.165) is 22.6 Å². The molecule has 0 amide bonds. The lowest BCUT2D eigenvalue weighted by Crippen LogP contribution is -2.17. The quantitative estimate of drug-likeness (QED) is 0.544. The van der Waals surface area contributed by atoms with Crippen LogP contribution in [0.4, 0.5) is 5.69 Å². The average molecular weight is 375 g/mol. The highest BCUT2D eigenvalue weighted by Crippen LogP contribution is 2.22. The second kappa shape index (κ2) is 8.87. The highest BCUT2D eigenvalue weighted by molar-refractivity contribution is 6.12. The third kappa shape index (κ3) is 4.57. The van der Waals surface area contributed by atoms with Crippen molar-refractivity contribution in [2.45, 2.75) is 13.3 Å². The van der Waals surface area contributed by atoms with Crippen LogP contribution in [0.3, 0.4) is 0 Å². The first-order valence-corrected chi connectivity index (χ1v) is 9.04. The van der Waals surface area contributed by atoms with E-state index in [1.54, 1.807) is 6.08 Å². The number of cyclic esters (lactones) is 1. The summed E-state index contributed by atoms with van der Waals surface area (Å²) in [7, 11) is 1.94. The van der Waals surface area contributed by atoms with Gasteiger partial charge in [-0.2, -0.15) is 5.26 Å². The topological polar surface area (TPSA) is 74.9 Å². The predicted molar refractivity (Wildman–Crippen MR) is 108 cm³/mol. The predicted octanol–water partition coefficient (Wildman–Crippen LogP) is 3.78. The summed E-state index contributed by atoms with van der Waals surface area (Å²) >= 11 is 0. The normalized spacial score (nSPS) is 14.4. The molecule has 6 heteroatoms. The van der Waals surface area contributed by atoms with Crippen molar-refractivity contribution in [1.82, 2.24) is 0 Å². The molecule has 3 rings (SSSR count). The van der Waals surface area contributed by atoms with E-state index < -0.39 is 5.97 Å². The van der Waals surface area contributed by atoms with E-state index in [4.69, 9.17) is 14.7 Å². The summed E-state index contributed by atoms with van der Waals surface area (Å²) in [6.45, 7) is 3.18. The summed E-state index contributed by atoms with van der Waals surface area (Å²) < 4.78 is 10.7. The van der Waals surface area contributed by atoms with Crippen molar-refractivity contribution in [2.24, 2.45) is 4.99 Å². The Labute approximate surface area is 164 Å². The molecule has 2 aromatic carbocycles. The van der Waals surface area contributed by atoms with E-state index in [1.807, 2.05) is 67.4 Å². The molecule has 0 saturated heterocycles. The molecule has 0 saturated carbocycles. The molecule has 1 heterocycles. The molecule has 6 nitrogen and oxygen atoms in total. The maximum Gasteiger partial charge on any atom is 0.363 e. The van der Waals surface area contributed by atoms with Crippen LogP contribution in [0.1, 0.15) is 24.5 Å². The van der Waals surface area contributed by atoms with E-state index in [1.165, 1.54) is 0 Å². The zero-order valence-electron chi connectivity index (χ0n) is 15.9. The number of hydrogen-bond donors (Lipinski definition) is 0. The maximum atomic E-state index is 12.2. The van der Waals surface area contributed by atoms with E-state index in [-0.39, 0.29) is 11.6 Å². The standard InChI is InChI=1S/C22H21N3O3/c1-3-27-19-11-7-17(8-12-19)21-24-20(22(26)28-21)15-16-5-9-18(10-6-16)25(2)14-4-13-23/h5-12,15H,3-4,14H2,1-2H3/b20-15-. The van der Waals surface area contributed by atoms with Crippen molar-refractivity contribution in [3.8, 4) is 11.8 Å². The molecule has 0 atom stereocenters. The molecule has 1 aliphatic heterocycles. The van der Waals surface area contributed by atoms with Crippen LogP contribution in [0.25, 0.3) is 6.08 Å². The maximum absolute atomic E-state index is 12.2. The largest absolute Gasteiger partial charge is 0.494 e. The van der Waals surface area contributed by atoms with Crippen LogP contribution in [0.15, 0.2) is 59.2 Å². The molecule has 142 valence electrons. The van der Waals surface area contributed by atoms with Crippen molar-refractivity contribution in [2.75, 3.05) is 25.1 Å². The van der Waals surface area contributed by atoms with Gasteiger partial charge in [-0.05, 0) is 55.0 Å². The Morgan fingerprint density at radius 1 is 1.18 bits per heavy atom. The van der Waals surface area contributed by atoms with Gasteiger partial charge < -0.3 is 14.4 Å². The number of carbonyl (C=O) groups excluding carboxylic acids is 1. The summed E-state index contributed by atoms with van der Waals surface area (Å²) in [5, 5.41) is 8.68. The number of nitrogens with zero attached hydrogens (tertiary/aromatic N) is 3. The van der Waals surface area contributed by atoms with Crippen LogP contribution in [0.2, 0.25) is 0 Å². The van der Waals surface area contributed by atoms with Crippen LogP contribution in [0.5, 0.6) is 5.75 Å². The van der Waals surface area contributed by atoms with Crippen LogP contribution >= 0.6 is 0 Å². The fourth-order valence-corrected chi connectivity index (χ4v) is 2.72. The Bertz CT molecular complexity index is 938. The first-order chi connectivity index (χ1) is 13.6.